The molecule has 0 aromatic carbocycles. The highest BCUT2D eigenvalue weighted by atomic mass is 16.4. The van der Waals surface area contributed by atoms with E-state index in [2.05, 4.69) is 20.9 Å². The van der Waals surface area contributed by atoms with Crippen molar-refractivity contribution in [2.24, 2.45) is 28.1 Å². The van der Waals surface area contributed by atoms with Crippen LogP contribution in [0, 0.1) is 5.92 Å². The van der Waals surface area contributed by atoms with Gasteiger partial charge in [0.1, 0.15) is 24.2 Å². The third-order valence-corrected chi connectivity index (χ3v) is 4.35. The van der Waals surface area contributed by atoms with Crippen LogP contribution in [-0.2, 0) is 24.0 Å². The van der Waals surface area contributed by atoms with E-state index in [-0.39, 0.29) is 25.3 Å². The predicted octanol–water partition coefficient (Wildman–Crippen LogP) is -3.97. The fraction of sp³-hybridized carbons (Fsp3) is 0.667. The number of aliphatic imine (C=N–C) groups is 1. The average molecular weight is 476 g/mol. The van der Waals surface area contributed by atoms with E-state index in [1.165, 1.54) is 0 Å². The zero-order valence-corrected chi connectivity index (χ0v) is 18.5. The van der Waals surface area contributed by atoms with E-state index < -0.39 is 72.8 Å². The zero-order valence-electron chi connectivity index (χ0n) is 18.5. The van der Waals surface area contributed by atoms with Crippen LogP contribution in [0.2, 0.25) is 0 Å². The van der Waals surface area contributed by atoms with Crippen LogP contribution >= 0.6 is 0 Å². The van der Waals surface area contributed by atoms with Gasteiger partial charge in [0.05, 0.1) is 13.0 Å². The average Bonchev–Trinajstić information content (AvgIpc) is 2.71. The molecule has 0 aliphatic carbocycles. The molecule has 0 radical (unpaired) electrons. The number of rotatable bonds is 15. The summed E-state index contributed by atoms with van der Waals surface area (Å²) >= 11 is 0. The lowest BCUT2D eigenvalue weighted by molar-refractivity contribution is -0.144. The maximum Gasteiger partial charge on any atom is 0.326 e. The molecule has 0 saturated carbocycles. The molecule has 0 saturated heterocycles. The van der Waals surface area contributed by atoms with Gasteiger partial charge in [0.25, 0.3) is 0 Å². The topological polar surface area (TPSA) is 273 Å². The second kappa shape index (κ2) is 14.6. The number of aliphatic hydroxyl groups excluding tert-OH is 1. The van der Waals surface area contributed by atoms with Crippen molar-refractivity contribution in [3.8, 4) is 0 Å². The van der Waals surface area contributed by atoms with Crippen LogP contribution in [0.3, 0.4) is 0 Å². The molecular formula is C18H33N7O8. The van der Waals surface area contributed by atoms with Crippen molar-refractivity contribution in [3.63, 3.8) is 0 Å². The monoisotopic (exact) mass is 475 g/mol. The Morgan fingerprint density at radius 3 is 1.94 bits per heavy atom. The van der Waals surface area contributed by atoms with Gasteiger partial charge < -0.3 is 48.5 Å². The molecule has 15 heteroatoms. The smallest absolute Gasteiger partial charge is 0.326 e. The molecule has 0 spiro atoms. The molecule has 0 fully saturated rings. The Hall–Kier alpha value is -3.46. The Morgan fingerprint density at radius 2 is 1.48 bits per heavy atom. The second-order valence-corrected chi connectivity index (χ2v) is 7.53. The lowest BCUT2D eigenvalue weighted by atomic mass is 10.0. The fourth-order valence-electron chi connectivity index (χ4n) is 2.56. The summed E-state index contributed by atoms with van der Waals surface area (Å²) in [6.07, 6.45) is -0.695. The van der Waals surface area contributed by atoms with Crippen LogP contribution in [-0.4, -0.2) is 88.3 Å². The fourth-order valence-corrected chi connectivity index (χ4v) is 2.56. The number of nitrogens with one attached hydrogen (secondary N) is 3. The molecule has 188 valence electrons. The summed E-state index contributed by atoms with van der Waals surface area (Å²) < 4.78 is 0. The first-order valence-corrected chi connectivity index (χ1v) is 10.1. The largest absolute Gasteiger partial charge is 0.481 e. The number of nitrogens with two attached hydrogens (primary N) is 3. The number of carboxylic acid groups (broad SMARTS) is 2. The molecule has 0 aliphatic rings. The van der Waals surface area contributed by atoms with Crippen molar-refractivity contribution < 1.29 is 39.3 Å². The highest BCUT2D eigenvalue weighted by Crippen LogP contribution is 2.06. The van der Waals surface area contributed by atoms with Crippen molar-refractivity contribution in [2.75, 3.05) is 13.2 Å². The van der Waals surface area contributed by atoms with Gasteiger partial charge in [0.15, 0.2) is 5.96 Å². The maximum atomic E-state index is 12.7. The lowest BCUT2D eigenvalue weighted by Crippen LogP contribution is -2.59. The van der Waals surface area contributed by atoms with E-state index in [4.69, 9.17) is 27.4 Å². The van der Waals surface area contributed by atoms with Crippen LogP contribution in [0.25, 0.3) is 0 Å². The molecule has 0 aliphatic heterocycles. The van der Waals surface area contributed by atoms with E-state index in [1.54, 1.807) is 13.8 Å². The van der Waals surface area contributed by atoms with Crippen molar-refractivity contribution in [1.82, 2.24) is 16.0 Å². The van der Waals surface area contributed by atoms with E-state index in [9.17, 15) is 29.1 Å². The lowest BCUT2D eigenvalue weighted by Gasteiger charge is -2.26. The number of aliphatic hydroxyl groups is 1. The Labute approximate surface area is 190 Å². The summed E-state index contributed by atoms with van der Waals surface area (Å²) in [6.45, 7) is 2.61. The SMILES string of the molecule is CC(C)C(NC(=O)C(N)CO)C(=O)NC(CC(=O)O)C(=O)NC(CCCN=C(N)N)C(=O)O. The van der Waals surface area contributed by atoms with Crippen molar-refractivity contribution in [3.05, 3.63) is 0 Å². The van der Waals surface area contributed by atoms with E-state index in [1.807, 2.05) is 0 Å². The molecule has 4 atom stereocenters. The number of carbonyl (C=O) groups is 5. The summed E-state index contributed by atoms with van der Waals surface area (Å²) in [6, 6.07) is -5.50. The third-order valence-electron chi connectivity index (χ3n) is 4.35. The molecule has 0 rings (SSSR count). The molecule has 33 heavy (non-hydrogen) atoms. The Morgan fingerprint density at radius 1 is 0.909 bits per heavy atom. The van der Waals surface area contributed by atoms with Crippen molar-refractivity contribution in [1.29, 1.82) is 0 Å². The minimum atomic E-state index is -1.63. The van der Waals surface area contributed by atoms with Crippen LogP contribution < -0.4 is 33.2 Å². The van der Waals surface area contributed by atoms with Crippen LogP contribution in [0.4, 0.5) is 0 Å². The van der Waals surface area contributed by atoms with Gasteiger partial charge >= 0.3 is 11.9 Å². The predicted molar refractivity (Wildman–Crippen MR) is 115 cm³/mol. The van der Waals surface area contributed by atoms with E-state index >= 15 is 0 Å². The van der Waals surface area contributed by atoms with Gasteiger partial charge in [-0.1, -0.05) is 13.8 Å². The highest BCUT2D eigenvalue weighted by Gasteiger charge is 2.32. The molecule has 0 bridgehead atoms. The van der Waals surface area contributed by atoms with Gasteiger partial charge in [0, 0.05) is 6.54 Å². The summed E-state index contributed by atoms with van der Waals surface area (Å²) in [4.78, 5) is 63.5. The Balaban J connectivity index is 5.37. The molecule has 0 heterocycles. The quantitative estimate of drug-likeness (QED) is 0.0625. The van der Waals surface area contributed by atoms with Gasteiger partial charge in [-0.05, 0) is 18.8 Å². The summed E-state index contributed by atoms with van der Waals surface area (Å²) in [5.41, 5.74) is 15.8. The van der Waals surface area contributed by atoms with E-state index in [0.717, 1.165) is 0 Å². The van der Waals surface area contributed by atoms with Crippen LogP contribution in [0.5, 0.6) is 0 Å². The summed E-state index contributed by atoms with van der Waals surface area (Å²) in [5.74, 6) is -6.22. The van der Waals surface area contributed by atoms with Crippen molar-refractivity contribution >= 4 is 35.6 Å². The number of hydrogen-bond donors (Lipinski definition) is 9. The summed E-state index contributed by atoms with van der Waals surface area (Å²) in [7, 11) is 0. The number of hydrogen-bond acceptors (Lipinski definition) is 8. The molecule has 0 aromatic rings. The van der Waals surface area contributed by atoms with Crippen LogP contribution in [0.15, 0.2) is 4.99 Å². The Bertz CT molecular complexity index is 739. The standard InChI is InChI=1S/C18H33N7O8/c1-8(2)13(25-14(29)9(19)7-26)16(31)24-11(6-12(27)28)15(30)23-10(17(32)33)4-3-5-22-18(20)21/h8-11,13,26H,3-7,19H2,1-2H3,(H,23,30)(H,24,31)(H,25,29)(H,27,28)(H,32,33)(H4,20,21,22). The molecule has 15 nitrogen and oxygen atoms in total. The van der Waals surface area contributed by atoms with Gasteiger partial charge in [-0.3, -0.25) is 24.2 Å². The zero-order chi connectivity index (χ0) is 25.7. The number of nitrogens with zero attached hydrogens (tertiary/aromatic N) is 1. The van der Waals surface area contributed by atoms with Crippen LogP contribution in [0.1, 0.15) is 33.1 Å². The molecule has 12 N–H and O–H groups in total. The second-order valence-electron chi connectivity index (χ2n) is 7.53. The first kappa shape index (κ1) is 29.5. The highest BCUT2D eigenvalue weighted by molar-refractivity contribution is 5.95. The summed E-state index contributed by atoms with van der Waals surface area (Å²) in [5, 5.41) is 34.1. The maximum absolute atomic E-state index is 12.7. The number of amides is 3. The first-order chi connectivity index (χ1) is 15.3. The number of aliphatic carboxylic acids is 2. The minimum absolute atomic E-state index is 0.0602. The minimum Gasteiger partial charge on any atom is -0.481 e. The Kier molecular flexibility index (Phi) is 13.0. The normalized spacial score (nSPS) is 14.3. The first-order valence-electron chi connectivity index (χ1n) is 10.1. The molecule has 4 unspecified atom stereocenters. The number of guanidine groups is 1. The third kappa shape index (κ3) is 11.6. The number of carbonyl (C=O) groups excluding carboxylic acids is 3. The molecule has 0 aromatic heterocycles. The number of carboxylic acids is 2. The van der Waals surface area contributed by atoms with Gasteiger partial charge in [-0.25, -0.2) is 4.79 Å². The van der Waals surface area contributed by atoms with Crippen molar-refractivity contribution in [2.45, 2.75) is 57.3 Å². The van der Waals surface area contributed by atoms with E-state index in [0.29, 0.717) is 0 Å². The van der Waals surface area contributed by atoms with Gasteiger partial charge in [-0.15, -0.1) is 0 Å². The van der Waals surface area contributed by atoms with Gasteiger partial charge in [-0.2, -0.15) is 0 Å². The molecular weight excluding hydrogens is 442 g/mol. The molecule has 3 amide bonds. The van der Waals surface area contributed by atoms with Gasteiger partial charge in [0.2, 0.25) is 17.7 Å².